The van der Waals surface area contributed by atoms with E-state index in [2.05, 4.69) is 10.2 Å². The van der Waals surface area contributed by atoms with Gasteiger partial charge in [-0.25, -0.2) is 4.39 Å². The van der Waals surface area contributed by atoms with Crippen molar-refractivity contribution < 1.29 is 9.13 Å². The first-order valence-corrected chi connectivity index (χ1v) is 6.06. The van der Waals surface area contributed by atoms with Crippen molar-refractivity contribution in [2.45, 2.75) is 31.5 Å². The van der Waals surface area contributed by atoms with Crippen molar-refractivity contribution in [1.29, 1.82) is 0 Å². The van der Waals surface area contributed by atoms with Gasteiger partial charge in [-0.1, -0.05) is 0 Å². The molecule has 0 bridgehead atoms. The molecule has 0 aromatic carbocycles. The molecule has 17 heavy (non-hydrogen) atoms. The molecule has 2 aliphatic rings. The number of likely N-dealkylation sites (N-methyl/N-ethyl adjacent to an activating group) is 1. The molecule has 0 N–H and O–H groups in total. The molecule has 0 spiro atoms. The fraction of sp³-hybridized carbons (Fsp3) is 0.667. The number of anilines is 1. The first-order valence-electron chi connectivity index (χ1n) is 6.06. The lowest BCUT2D eigenvalue weighted by atomic mass is 10.2. The maximum atomic E-state index is 13.6. The van der Waals surface area contributed by atoms with Crippen LogP contribution in [0.5, 0.6) is 0 Å². The Bertz CT molecular complexity index is 426. The van der Waals surface area contributed by atoms with Gasteiger partial charge in [-0.3, -0.25) is 0 Å². The molecule has 0 radical (unpaired) electrons. The number of hydrogen-bond acceptors (Lipinski definition) is 4. The van der Waals surface area contributed by atoms with E-state index in [0.717, 1.165) is 30.8 Å². The summed E-state index contributed by atoms with van der Waals surface area (Å²) in [6, 6.07) is 1.81. The second-order valence-corrected chi connectivity index (χ2v) is 4.76. The Morgan fingerprint density at radius 1 is 1.35 bits per heavy atom. The van der Waals surface area contributed by atoms with Gasteiger partial charge in [-0.15, -0.1) is 5.10 Å². The van der Waals surface area contributed by atoms with Crippen LogP contribution in [0, 0.1) is 0 Å². The summed E-state index contributed by atoms with van der Waals surface area (Å²) < 4.78 is 18.7. The Balaban J connectivity index is 1.83. The summed E-state index contributed by atoms with van der Waals surface area (Å²) in [5, 5.41) is 8.40. The van der Waals surface area contributed by atoms with Gasteiger partial charge in [0.15, 0.2) is 5.82 Å². The fourth-order valence-electron chi connectivity index (χ4n) is 2.53. The first kappa shape index (κ1) is 10.9. The van der Waals surface area contributed by atoms with Crippen LogP contribution in [-0.2, 0) is 17.6 Å². The molecule has 1 aromatic heterocycles. The van der Waals surface area contributed by atoms with Crippen LogP contribution in [-0.4, -0.2) is 42.7 Å². The Morgan fingerprint density at radius 3 is 3.00 bits per heavy atom. The average Bonchev–Trinajstić information content (AvgIpc) is 2.95. The Hall–Kier alpha value is -1.23. The van der Waals surface area contributed by atoms with Crippen LogP contribution < -0.4 is 4.90 Å². The molecule has 4 nitrogen and oxygen atoms in total. The predicted molar refractivity (Wildman–Crippen MR) is 62.0 cm³/mol. The highest BCUT2D eigenvalue weighted by Crippen LogP contribution is 2.25. The number of nitrogens with zero attached hydrogens (tertiary/aromatic N) is 3. The van der Waals surface area contributed by atoms with Gasteiger partial charge >= 0.3 is 0 Å². The lowest BCUT2D eigenvalue weighted by molar-refractivity contribution is 0.173. The minimum atomic E-state index is -0.935. The van der Waals surface area contributed by atoms with Crippen molar-refractivity contribution in [3.05, 3.63) is 17.3 Å². The standard InChI is InChI=1S/C12H16FN3O/c1-16(11-7-17-6-9(11)13)12-5-8-3-2-4-10(8)14-15-12/h5,9,11H,2-4,6-7H2,1H3. The van der Waals surface area contributed by atoms with E-state index in [1.165, 1.54) is 5.56 Å². The number of ether oxygens (including phenoxy) is 1. The zero-order valence-electron chi connectivity index (χ0n) is 9.90. The third-order valence-electron chi connectivity index (χ3n) is 3.65. The average molecular weight is 237 g/mol. The third kappa shape index (κ3) is 1.88. The fourth-order valence-corrected chi connectivity index (χ4v) is 2.53. The molecule has 1 aliphatic carbocycles. The van der Waals surface area contributed by atoms with Crippen LogP contribution in [0.1, 0.15) is 17.7 Å². The van der Waals surface area contributed by atoms with Gasteiger partial charge in [-0.05, 0) is 30.9 Å². The Morgan fingerprint density at radius 2 is 2.24 bits per heavy atom. The van der Waals surface area contributed by atoms with E-state index in [0.29, 0.717) is 6.61 Å². The zero-order valence-corrected chi connectivity index (χ0v) is 9.90. The number of fused-ring (bicyclic) bond motifs is 1. The molecule has 92 valence electrons. The van der Waals surface area contributed by atoms with Crippen molar-refractivity contribution in [3.63, 3.8) is 0 Å². The summed E-state index contributed by atoms with van der Waals surface area (Å²) in [5.41, 5.74) is 2.36. The molecule has 0 saturated carbocycles. The number of aryl methyl sites for hydroxylation is 2. The van der Waals surface area contributed by atoms with Crippen LogP contribution >= 0.6 is 0 Å². The van der Waals surface area contributed by atoms with Crippen LogP contribution in [0.2, 0.25) is 0 Å². The van der Waals surface area contributed by atoms with E-state index in [-0.39, 0.29) is 12.6 Å². The minimum absolute atomic E-state index is 0.188. The van der Waals surface area contributed by atoms with E-state index >= 15 is 0 Å². The molecular formula is C12H16FN3O. The zero-order chi connectivity index (χ0) is 11.8. The van der Waals surface area contributed by atoms with E-state index in [4.69, 9.17) is 4.74 Å². The van der Waals surface area contributed by atoms with E-state index in [1.54, 1.807) is 0 Å². The first-order chi connectivity index (χ1) is 8.25. The maximum Gasteiger partial charge on any atom is 0.151 e. The summed E-state index contributed by atoms with van der Waals surface area (Å²) in [5.74, 6) is 0.754. The van der Waals surface area contributed by atoms with Crippen molar-refractivity contribution in [3.8, 4) is 0 Å². The van der Waals surface area contributed by atoms with Gasteiger partial charge in [0.2, 0.25) is 0 Å². The highest BCUT2D eigenvalue weighted by atomic mass is 19.1. The summed E-state index contributed by atoms with van der Waals surface area (Å²) in [6.07, 6.45) is 2.29. The predicted octanol–water partition coefficient (Wildman–Crippen LogP) is 1.14. The summed E-state index contributed by atoms with van der Waals surface area (Å²) >= 11 is 0. The van der Waals surface area contributed by atoms with Crippen LogP contribution in [0.3, 0.4) is 0 Å². The molecule has 1 saturated heterocycles. The Kier molecular flexibility index (Phi) is 2.70. The lowest BCUT2D eigenvalue weighted by Gasteiger charge is -2.25. The van der Waals surface area contributed by atoms with Crippen LogP contribution in [0.15, 0.2) is 6.07 Å². The largest absolute Gasteiger partial charge is 0.376 e. The molecule has 0 amide bonds. The quantitative estimate of drug-likeness (QED) is 0.773. The smallest absolute Gasteiger partial charge is 0.151 e. The second kappa shape index (κ2) is 4.22. The highest BCUT2D eigenvalue weighted by Gasteiger charge is 2.32. The molecule has 1 aliphatic heterocycles. The van der Waals surface area contributed by atoms with E-state index < -0.39 is 6.17 Å². The van der Waals surface area contributed by atoms with Gasteiger partial charge in [0.05, 0.1) is 24.9 Å². The lowest BCUT2D eigenvalue weighted by Crippen LogP contribution is -2.39. The molecular weight excluding hydrogens is 221 g/mol. The SMILES string of the molecule is CN(c1cc2c(nn1)CCC2)C1COCC1F. The maximum absolute atomic E-state index is 13.6. The molecule has 2 unspecified atom stereocenters. The summed E-state index contributed by atoms with van der Waals surface area (Å²) in [7, 11) is 1.86. The molecule has 1 aromatic rings. The molecule has 2 heterocycles. The minimum Gasteiger partial charge on any atom is -0.376 e. The number of halogens is 1. The molecule has 3 rings (SSSR count). The van der Waals surface area contributed by atoms with Crippen molar-refractivity contribution in [1.82, 2.24) is 10.2 Å². The van der Waals surface area contributed by atoms with Crippen LogP contribution in [0.4, 0.5) is 10.2 Å². The van der Waals surface area contributed by atoms with Gasteiger partial charge in [0.1, 0.15) is 6.17 Å². The van der Waals surface area contributed by atoms with Crippen molar-refractivity contribution in [2.75, 3.05) is 25.2 Å². The number of hydrogen-bond donors (Lipinski definition) is 0. The second-order valence-electron chi connectivity index (χ2n) is 4.76. The number of alkyl halides is 1. The number of aromatic nitrogens is 2. The monoisotopic (exact) mass is 237 g/mol. The molecule has 1 fully saturated rings. The van der Waals surface area contributed by atoms with E-state index in [9.17, 15) is 4.39 Å². The van der Waals surface area contributed by atoms with Gasteiger partial charge in [0.25, 0.3) is 0 Å². The van der Waals surface area contributed by atoms with E-state index in [1.807, 2.05) is 18.0 Å². The summed E-state index contributed by atoms with van der Waals surface area (Å²) in [6.45, 7) is 0.615. The molecule has 2 atom stereocenters. The topological polar surface area (TPSA) is 38.2 Å². The Labute approximate surface area is 99.8 Å². The third-order valence-corrected chi connectivity index (χ3v) is 3.65. The number of rotatable bonds is 2. The normalized spacial score (nSPS) is 27.2. The van der Waals surface area contributed by atoms with Gasteiger partial charge in [-0.2, -0.15) is 5.10 Å². The van der Waals surface area contributed by atoms with Crippen molar-refractivity contribution >= 4 is 5.82 Å². The van der Waals surface area contributed by atoms with Crippen LogP contribution in [0.25, 0.3) is 0 Å². The van der Waals surface area contributed by atoms with Gasteiger partial charge in [0, 0.05) is 7.05 Å². The summed E-state index contributed by atoms with van der Waals surface area (Å²) in [4.78, 5) is 1.85. The highest BCUT2D eigenvalue weighted by molar-refractivity contribution is 5.43. The van der Waals surface area contributed by atoms with Crippen molar-refractivity contribution in [2.24, 2.45) is 0 Å². The molecule has 5 heteroatoms. The van der Waals surface area contributed by atoms with Gasteiger partial charge < -0.3 is 9.64 Å².